The lowest BCUT2D eigenvalue weighted by molar-refractivity contribution is 0.580. The van der Waals surface area contributed by atoms with Gasteiger partial charge in [0, 0.05) is 23.2 Å². The second kappa shape index (κ2) is 11.6. The highest BCUT2D eigenvalue weighted by atomic mass is 15.0. The van der Waals surface area contributed by atoms with E-state index in [0.717, 1.165) is 34.1 Å². The van der Waals surface area contributed by atoms with Gasteiger partial charge in [0.15, 0.2) is 11.6 Å². The van der Waals surface area contributed by atoms with Crippen LogP contribution in [0.4, 0.5) is 0 Å². The minimum atomic E-state index is -0.169. The summed E-state index contributed by atoms with van der Waals surface area (Å²) in [5.41, 5.74) is 5.50. The number of hydrogen-bond donors (Lipinski definition) is 1. The Morgan fingerprint density at radius 1 is 0.608 bits per heavy atom. The van der Waals surface area contributed by atoms with Gasteiger partial charge in [0.1, 0.15) is 5.82 Å². The van der Waals surface area contributed by atoms with Crippen LogP contribution in [0, 0.1) is 0 Å². The van der Waals surface area contributed by atoms with E-state index in [0.29, 0.717) is 11.6 Å². The molecule has 6 aromatic carbocycles. The number of hydrogen-bond acceptors (Lipinski definition) is 4. The zero-order valence-corrected chi connectivity index (χ0v) is 28.2. The molecule has 0 saturated carbocycles. The first-order chi connectivity index (χ1) is 25.1. The van der Waals surface area contributed by atoms with Crippen molar-refractivity contribution >= 4 is 43.1 Å². The molecule has 3 aliphatic rings. The summed E-state index contributed by atoms with van der Waals surface area (Å²) in [5.74, 6) is 2.16. The Labute approximate surface area is 296 Å². The molecule has 2 aliphatic carbocycles. The van der Waals surface area contributed by atoms with Crippen LogP contribution in [0.15, 0.2) is 181 Å². The van der Waals surface area contributed by atoms with E-state index in [4.69, 9.17) is 15.0 Å². The van der Waals surface area contributed by atoms with Crippen molar-refractivity contribution < 1.29 is 0 Å². The molecule has 2 unspecified atom stereocenters. The molecule has 0 saturated heterocycles. The molecule has 7 aromatic rings. The minimum absolute atomic E-state index is 0.000250. The van der Waals surface area contributed by atoms with E-state index in [9.17, 15) is 0 Å². The molecule has 4 heteroatoms. The minimum Gasteiger partial charge on any atom is -0.378 e. The molecule has 0 amide bonds. The Balaban J connectivity index is 1.14. The van der Waals surface area contributed by atoms with Crippen molar-refractivity contribution in [1.29, 1.82) is 0 Å². The van der Waals surface area contributed by atoms with Gasteiger partial charge in [-0.05, 0) is 91.4 Å². The largest absolute Gasteiger partial charge is 0.378 e. The van der Waals surface area contributed by atoms with Crippen molar-refractivity contribution in [2.75, 3.05) is 0 Å². The third kappa shape index (κ3) is 4.94. The normalized spacial score (nSPS) is 19.5. The van der Waals surface area contributed by atoms with Crippen LogP contribution < -0.4 is 5.32 Å². The maximum absolute atomic E-state index is 5.32. The highest BCUT2D eigenvalue weighted by molar-refractivity contribution is 6.14. The van der Waals surface area contributed by atoms with Gasteiger partial charge in [-0.1, -0.05) is 140 Å². The van der Waals surface area contributed by atoms with Crippen molar-refractivity contribution in [2.24, 2.45) is 0 Å². The van der Waals surface area contributed by atoms with E-state index >= 15 is 0 Å². The number of allylic oxidation sites excluding steroid dienone is 8. The Kier molecular flexibility index (Phi) is 6.72. The lowest BCUT2D eigenvalue weighted by Crippen LogP contribution is -2.41. The number of aromatic nitrogens is 3. The topological polar surface area (TPSA) is 50.7 Å². The van der Waals surface area contributed by atoms with Gasteiger partial charge in [-0.3, -0.25) is 0 Å². The van der Waals surface area contributed by atoms with Crippen molar-refractivity contribution in [3.05, 3.63) is 187 Å². The first kappa shape index (κ1) is 29.5. The monoisotopic (exact) mass is 654 g/mol. The van der Waals surface area contributed by atoms with Gasteiger partial charge >= 0.3 is 0 Å². The molecule has 0 bridgehead atoms. The summed E-state index contributed by atoms with van der Waals surface area (Å²) < 4.78 is 0. The van der Waals surface area contributed by atoms with Gasteiger partial charge in [-0.25, -0.2) is 15.0 Å². The highest BCUT2D eigenvalue weighted by Crippen LogP contribution is 2.39. The van der Waals surface area contributed by atoms with Crippen LogP contribution in [0.3, 0.4) is 0 Å². The summed E-state index contributed by atoms with van der Waals surface area (Å²) in [6, 6.07) is 38.8. The van der Waals surface area contributed by atoms with Crippen LogP contribution >= 0.6 is 0 Å². The van der Waals surface area contributed by atoms with Gasteiger partial charge < -0.3 is 5.32 Å². The maximum Gasteiger partial charge on any atom is 0.164 e. The molecule has 1 aromatic heterocycles. The lowest BCUT2D eigenvalue weighted by atomic mass is 9.82. The third-order valence-electron chi connectivity index (χ3n) is 10.7. The average molecular weight is 655 g/mol. The summed E-state index contributed by atoms with van der Waals surface area (Å²) in [5, 5.41) is 13.0. The molecule has 242 valence electrons. The van der Waals surface area contributed by atoms with E-state index in [2.05, 4.69) is 176 Å². The zero-order valence-electron chi connectivity index (χ0n) is 28.2. The van der Waals surface area contributed by atoms with Gasteiger partial charge in [0.2, 0.25) is 0 Å². The molecule has 1 N–H and O–H groups in total. The van der Waals surface area contributed by atoms with Crippen LogP contribution in [0.25, 0.3) is 65.9 Å². The Morgan fingerprint density at radius 2 is 1.18 bits per heavy atom. The first-order valence-electron chi connectivity index (χ1n) is 17.6. The van der Waals surface area contributed by atoms with E-state index in [1.54, 1.807) is 0 Å². The maximum atomic E-state index is 5.32. The highest BCUT2D eigenvalue weighted by Gasteiger charge is 2.28. The number of dihydropyridines is 1. The van der Waals surface area contributed by atoms with E-state index < -0.39 is 0 Å². The fraction of sp³-hybridized carbons (Fsp3) is 0.0851. The lowest BCUT2D eigenvalue weighted by Gasteiger charge is -2.34. The molecular weight excluding hydrogens is 621 g/mol. The predicted octanol–water partition coefficient (Wildman–Crippen LogP) is 11.1. The molecule has 2 atom stereocenters. The first-order valence-corrected chi connectivity index (χ1v) is 17.6. The molecular formula is C47H34N4. The molecule has 0 fully saturated rings. The molecule has 4 nitrogen and oxygen atoms in total. The zero-order chi connectivity index (χ0) is 33.9. The molecule has 0 spiro atoms. The van der Waals surface area contributed by atoms with E-state index in [1.807, 2.05) is 0 Å². The molecule has 10 rings (SSSR count). The van der Waals surface area contributed by atoms with E-state index in [1.165, 1.54) is 49.0 Å². The SMILES string of the molecule is CC12C=CC=CC1=CC(C1=CCC(c3nc(-c4cc5ccccc5c5ccccc45)nc(-c4cc5ccccc5c5ccccc45)n3)C=C1)=CN2. The van der Waals surface area contributed by atoms with Crippen LogP contribution in [-0.4, -0.2) is 20.5 Å². The molecule has 0 radical (unpaired) electrons. The second-order valence-electron chi connectivity index (χ2n) is 13.8. The van der Waals surface area contributed by atoms with Crippen molar-refractivity contribution in [3.8, 4) is 22.8 Å². The average Bonchev–Trinajstić information content (AvgIpc) is 3.20. The van der Waals surface area contributed by atoms with E-state index in [-0.39, 0.29) is 11.5 Å². The number of nitrogens with one attached hydrogen (secondary N) is 1. The molecule has 51 heavy (non-hydrogen) atoms. The summed E-state index contributed by atoms with van der Waals surface area (Å²) in [6.45, 7) is 2.21. The van der Waals surface area contributed by atoms with Crippen LogP contribution in [-0.2, 0) is 0 Å². The second-order valence-corrected chi connectivity index (χ2v) is 13.8. The van der Waals surface area contributed by atoms with Crippen molar-refractivity contribution in [2.45, 2.75) is 24.8 Å². The number of benzene rings is 6. The molecule has 2 heterocycles. The fourth-order valence-corrected chi connectivity index (χ4v) is 7.91. The summed E-state index contributed by atoms with van der Waals surface area (Å²) >= 11 is 0. The summed E-state index contributed by atoms with van der Waals surface area (Å²) in [6.07, 6.45) is 20.6. The third-order valence-corrected chi connectivity index (χ3v) is 10.7. The van der Waals surface area contributed by atoms with Crippen LogP contribution in [0.2, 0.25) is 0 Å². The Morgan fingerprint density at radius 3 is 1.76 bits per heavy atom. The predicted molar refractivity (Wildman–Crippen MR) is 211 cm³/mol. The van der Waals surface area contributed by atoms with Gasteiger partial charge in [-0.15, -0.1) is 0 Å². The van der Waals surface area contributed by atoms with Gasteiger partial charge in [-0.2, -0.15) is 0 Å². The quantitative estimate of drug-likeness (QED) is 0.192. The fourth-order valence-electron chi connectivity index (χ4n) is 7.91. The van der Waals surface area contributed by atoms with Crippen molar-refractivity contribution in [3.63, 3.8) is 0 Å². The smallest absolute Gasteiger partial charge is 0.164 e. The van der Waals surface area contributed by atoms with Gasteiger partial charge in [0.25, 0.3) is 0 Å². The van der Waals surface area contributed by atoms with Crippen LogP contribution in [0.5, 0.6) is 0 Å². The number of nitrogens with zero attached hydrogens (tertiary/aromatic N) is 3. The Bertz CT molecular complexity index is 2640. The summed E-state index contributed by atoms with van der Waals surface area (Å²) in [4.78, 5) is 15.9. The molecule has 1 aliphatic heterocycles. The van der Waals surface area contributed by atoms with Crippen molar-refractivity contribution in [1.82, 2.24) is 20.3 Å². The number of fused-ring (bicyclic) bond motifs is 7. The summed E-state index contributed by atoms with van der Waals surface area (Å²) in [7, 11) is 0. The standard InChI is InChI=1S/C47H34N4/c1-47-25-11-10-14-35(47)26-34(29-48-47)30-21-23-31(24-22-30)44-49-45(42-27-32-12-2-4-15-36(32)38-17-6-8-19-40(38)42)51-46(50-44)43-28-33-13-3-5-16-37(33)39-18-7-9-20-41(39)43/h2-23,25-29,31,48H,24H2,1H3. The Hall–Kier alpha value is -6.39. The van der Waals surface area contributed by atoms with Gasteiger partial charge in [0.05, 0.1) is 5.54 Å². The van der Waals surface area contributed by atoms with Crippen LogP contribution in [0.1, 0.15) is 25.1 Å². The number of rotatable bonds is 4.